The molecule has 4 rings (SSSR count). The predicted molar refractivity (Wildman–Crippen MR) is 119 cm³/mol. The van der Waals surface area contributed by atoms with Crippen LogP contribution in [0.2, 0.25) is 5.02 Å². The molecule has 2 saturated carbocycles. The maximum absolute atomic E-state index is 14.6. The lowest BCUT2D eigenvalue weighted by molar-refractivity contribution is -0.154. The van der Waals surface area contributed by atoms with Gasteiger partial charge in [0.1, 0.15) is 5.82 Å². The zero-order chi connectivity index (χ0) is 22.0. The average Bonchev–Trinajstić information content (AvgIpc) is 3.22. The van der Waals surface area contributed by atoms with Gasteiger partial charge >= 0.3 is 5.97 Å². The van der Waals surface area contributed by atoms with Gasteiger partial charge in [0, 0.05) is 5.02 Å². The average molecular weight is 444 g/mol. The van der Waals surface area contributed by atoms with Crippen LogP contribution in [-0.2, 0) is 16.0 Å². The number of amides is 1. The first-order chi connectivity index (χ1) is 14.9. The quantitative estimate of drug-likeness (QED) is 0.536. The van der Waals surface area contributed by atoms with E-state index < -0.39 is 17.2 Å². The van der Waals surface area contributed by atoms with E-state index in [0.29, 0.717) is 24.3 Å². The highest BCUT2D eigenvalue weighted by Gasteiger charge is 2.44. The van der Waals surface area contributed by atoms with E-state index >= 15 is 0 Å². The van der Waals surface area contributed by atoms with Crippen LogP contribution in [0.4, 0.5) is 10.1 Å². The molecule has 0 unspecified atom stereocenters. The van der Waals surface area contributed by atoms with Crippen molar-refractivity contribution in [2.45, 2.75) is 57.3 Å². The van der Waals surface area contributed by atoms with Crippen molar-refractivity contribution in [1.29, 1.82) is 0 Å². The second-order valence-electron chi connectivity index (χ2n) is 8.99. The van der Waals surface area contributed by atoms with Crippen molar-refractivity contribution in [2.24, 2.45) is 11.3 Å². The van der Waals surface area contributed by atoms with E-state index in [0.717, 1.165) is 43.2 Å². The molecule has 31 heavy (non-hydrogen) atoms. The van der Waals surface area contributed by atoms with Crippen molar-refractivity contribution in [1.82, 2.24) is 0 Å². The van der Waals surface area contributed by atoms with E-state index in [-0.39, 0.29) is 23.4 Å². The first kappa shape index (κ1) is 21.8. The van der Waals surface area contributed by atoms with Crippen LogP contribution in [-0.4, -0.2) is 17.0 Å². The summed E-state index contributed by atoms with van der Waals surface area (Å²) in [5.74, 6) is -1.73. The number of aliphatic carboxylic acids is 1. The van der Waals surface area contributed by atoms with E-state index in [1.54, 1.807) is 24.3 Å². The largest absolute Gasteiger partial charge is 0.481 e. The number of benzene rings is 2. The lowest BCUT2D eigenvalue weighted by Crippen LogP contribution is -2.39. The number of anilines is 1. The van der Waals surface area contributed by atoms with Gasteiger partial charge in [-0.1, -0.05) is 49.1 Å². The molecular formula is C25H27ClFNO3. The number of carbonyl (C=O) groups is 2. The molecule has 1 amide bonds. The Morgan fingerprint density at radius 3 is 2.35 bits per heavy atom. The number of hydrogen-bond donors (Lipinski definition) is 2. The Morgan fingerprint density at radius 1 is 1.10 bits per heavy atom. The highest BCUT2D eigenvalue weighted by molar-refractivity contribution is 6.30. The van der Waals surface area contributed by atoms with Gasteiger partial charge in [-0.2, -0.15) is 0 Å². The topological polar surface area (TPSA) is 66.4 Å². The lowest BCUT2D eigenvalue weighted by atomic mass is 9.65. The van der Waals surface area contributed by atoms with Crippen molar-refractivity contribution in [2.75, 3.05) is 5.32 Å². The maximum Gasteiger partial charge on any atom is 0.309 e. The molecule has 0 aliphatic heterocycles. The Balaban J connectivity index is 1.57. The van der Waals surface area contributed by atoms with Crippen molar-refractivity contribution in [3.05, 3.63) is 64.4 Å². The molecule has 2 fully saturated rings. The minimum Gasteiger partial charge on any atom is -0.481 e. The first-order valence-electron chi connectivity index (χ1n) is 11.0. The van der Waals surface area contributed by atoms with E-state index in [1.807, 2.05) is 12.1 Å². The Labute approximate surface area is 186 Å². The van der Waals surface area contributed by atoms with Crippen LogP contribution < -0.4 is 5.32 Å². The maximum atomic E-state index is 14.6. The summed E-state index contributed by atoms with van der Waals surface area (Å²) in [7, 11) is 0. The third-order valence-corrected chi connectivity index (χ3v) is 7.23. The van der Waals surface area contributed by atoms with Crippen molar-refractivity contribution < 1.29 is 19.1 Å². The molecule has 0 saturated heterocycles. The normalized spacial score (nSPS) is 18.9. The Morgan fingerprint density at radius 2 is 1.77 bits per heavy atom. The van der Waals surface area contributed by atoms with E-state index in [9.17, 15) is 19.1 Å². The van der Waals surface area contributed by atoms with Gasteiger partial charge in [-0.3, -0.25) is 9.59 Å². The molecule has 164 valence electrons. The molecule has 2 aromatic carbocycles. The molecule has 0 radical (unpaired) electrons. The van der Waals surface area contributed by atoms with E-state index in [2.05, 4.69) is 5.32 Å². The third-order valence-electron chi connectivity index (χ3n) is 6.98. The van der Waals surface area contributed by atoms with Crippen LogP contribution in [0.1, 0.15) is 62.0 Å². The molecule has 0 bridgehead atoms. The highest BCUT2D eigenvalue weighted by Crippen LogP contribution is 2.44. The zero-order valence-corrected chi connectivity index (χ0v) is 18.1. The summed E-state index contributed by atoms with van der Waals surface area (Å²) >= 11 is 6.02. The second kappa shape index (κ2) is 8.99. The summed E-state index contributed by atoms with van der Waals surface area (Å²) in [4.78, 5) is 25.0. The van der Waals surface area contributed by atoms with Gasteiger partial charge < -0.3 is 10.4 Å². The summed E-state index contributed by atoms with van der Waals surface area (Å²) in [5, 5.41) is 13.0. The first-order valence-corrected chi connectivity index (χ1v) is 11.3. The summed E-state index contributed by atoms with van der Waals surface area (Å²) in [6.07, 6.45) is 6.58. The van der Waals surface area contributed by atoms with Gasteiger partial charge in [0.2, 0.25) is 5.91 Å². The second-order valence-corrected chi connectivity index (χ2v) is 9.43. The molecule has 6 heteroatoms. The predicted octanol–water partition coefficient (Wildman–Crippen LogP) is 6.19. The molecule has 4 nitrogen and oxygen atoms in total. The standard InChI is InChI=1S/C25H27ClFNO3/c26-19-9-7-18(8-10-19)22(17-4-1-2-5-17)23(29)28-21-14-16(6-11-20(21)27)15-25(24(30)31)12-3-13-25/h6-11,14,17,22H,1-5,12-13,15H2,(H,28,29)(H,30,31)/t22-/m0/s1. The van der Waals surface area contributed by atoms with Crippen LogP contribution in [0, 0.1) is 17.2 Å². The number of carboxylic acids is 1. The minimum absolute atomic E-state index is 0.110. The number of carbonyl (C=O) groups excluding carboxylic acids is 1. The molecule has 2 aromatic rings. The number of hydrogen-bond acceptors (Lipinski definition) is 2. The van der Waals surface area contributed by atoms with Crippen LogP contribution in [0.5, 0.6) is 0 Å². The van der Waals surface area contributed by atoms with Gasteiger partial charge in [-0.15, -0.1) is 0 Å². The van der Waals surface area contributed by atoms with E-state index in [4.69, 9.17) is 11.6 Å². The summed E-state index contributed by atoms with van der Waals surface area (Å²) in [5.41, 5.74) is 0.945. The molecule has 1 atom stereocenters. The van der Waals surface area contributed by atoms with Gasteiger partial charge in [0.15, 0.2) is 0 Å². The fraction of sp³-hybridized carbons (Fsp3) is 0.440. The zero-order valence-electron chi connectivity index (χ0n) is 17.4. The molecule has 0 heterocycles. The Bertz CT molecular complexity index is 965. The Hall–Kier alpha value is -2.40. The Kier molecular flexibility index (Phi) is 6.33. The van der Waals surface area contributed by atoms with Crippen LogP contribution in [0.3, 0.4) is 0 Å². The van der Waals surface area contributed by atoms with Gasteiger partial charge in [0.05, 0.1) is 17.0 Å². The van der Waals surface area contributed by atoms with Gasteiger partial charge in [-0.05, 0) is 73.4 Å². The van der Waals surface area contributed by atoms with Crippen molar-refractivity contribution >= 4 is 29.2 Å². The molecule has 2 N–H and O–H groups in total. The fourth-order valence-electron chi connectivity index (χ4n) is 5.05. The monoisotopic (exact) mass is 443 g/mol. The van der Waals surface area contributed by atoms with Gasteiger partial charge in [-0.25, -0.2) is 4.39 Å². The van der Waals surface area contributed by atoms with Crippen LogP contribution in [0.25, 0.3) is 0 Å². The molecule has 2 aliphatic carbocycles. The molecule has 0 aromatic heterocycles. The number of halogens is 2. The number of nitrogens with one attached hydrogen (secondary N) is 1. The summed E-state index contributed by atoms with van der Waals surface area (Å²) in [6.45, 7) is 0. The van der Waals surface area contributed by atoms with Crippen LogP contribution >= 0.6 is 11.6 Å². The number of carboxylic acid groups (broad SMARTS) is 1. The minimum atomic E-state index is -0.808. The molecule has 0 spiro atoms. The highest BCUT2D eigenvalue weighted by atomic mass is 35.5. The van der Waals surface area contributed by atoms with Gasteiger partial charge in [0.25, 0.3) is 0 Å². The summed E-state index contributed by atoms with van der Waals surface area (Å²) < 4.78 is 14.6. The van der Waals surface area contributed by atoms with Crippen LogP contribution in [0.15, 0.2) is 42.5 Å². The summed E-state index contributed by atoms with van der Waals surface area (Å²) in [6, 6.07) is 11.8. The molecular weight excluding hydrogens is 417 g/mol. The van der Waals surface area contributed by atoms with Crippen molar-refractivity contribution in [3.63, 3.8) is 0 Å². The van der Waals surface area contributed by atoms with E-state index in [1.165, 1.54) is 6.07 Å². The van der Waals surface area contributed by atoms with Crippen molar-refractivity contribution in [3.8, 4) is 0 Å². The third kappa shape index (κ3) is 4.62. The molecule has 2 aliphatic rings. The fourth-order valence-corrected chi connectivity index (χ4v) is 5.17. The lowest BCUT2D eigenvalue weighted by Gasteiger charge is -2.37. The number of rotatable bonds is 7. The SMILES string of the molecule is O=C(Nc1cc(CC2(C(=O)O)CCC2)ccc1F)[C@H](c1ccc(Cl)cc1)C1CCCC1. The smallest absolute Gasteiger partial charge is 0.309 e.